The Balaban J connectivity index is 1.94. The fourth-order valence-corrected chi connectivity index (χ4v) is 5.44. The lowest BCUT2D eigenvalue weighted by Gasteiger charge is -2.34. The number of rotatable bonds is 9. The van der Waals surface area contributed by atoms with Crippen LogP contribution in [0.15, 0.2) is 47.4 Å². The Bertz CT molecular complexity index is 1280. The van der Waals surface area contributed by atoms with Crippen molar-refractivity contribution in [1.29, 1.82) is 0 Å². The summed E-state index contributed by atoms with van der Waals surface area (Å²) in [6, 6.07) is 10.1. The van der Waals surface area contributed by atoms with Gasteiger partial charge in [-0.2, -0.15) is 0 Å². The number of hydrogen-bond acceptors (Lipinski definition) is 7. The van der Waals surface area contributed by atoms with E-state index < -0.39 is 22.2 Å². The van der Waals surface area contributed by atoms with Crippen molar-refractivity contribution in [3.8, 4) is 11.5 Å². The number of sulfonamides is 1. The number of ether oxygens (including phenoxy) is 2. The molecule has 0 radical (unpaired) electrons. The number of nitrogens with one attached hydrogen (secondary N) is 2. The number of carbonyl (C=O) groups excluding carboxylic acids is 2. The van der Waals surface area contributed by atoms with Crippen molar-refractivity contribution in [1.82, 2.24) is 15.1 Å². The number of benzene rings is 2. The number of likely N-dealkylation sites (N-methyl/N-ethyl adjacent to an activating group) is 1. The Labute approximate surface area is 236 Å². The highest BCUT2D eigenvalue weighted by molar-refractivity contribution is 7.92. The Morgan fingerprint density at radius 1 is 1.20 bits per heavy atom. The number of carbonyl (C=O) groups is 2. The van der Waals surface area contributed by atoms with Crippen molar-refractivity contribution in [3.05, 3.63) is 48.0 Å². The molecule has 12 heteroatoms. The van der Waals surface area contributed by atoms with Crippen molar-refractivity contribution in [3.63, 3.8) is 0 Å². The molecule has 0 aliphatic carbocycles. The lowest BCUT2D eigenvalue weighted by atomic mass is 10.0. The lowest BCUT2D eigenvalue weighted by Crippen LogP contribution is -2.49. The van der Waals surface area contributed by atoms with E-state index in [-0.39, 0.29) is 54.1 Å². The maximum absolute atomic E-state index is 13.4. The molecule has 0 bridgehead atoms. The summed E-state index contributed by atoms with van der Waals surface area (Å²) < 4.78 is 40.1. The monoisotopic (exact) mass is 576 g/mol. The summed E-state index contributed by atoms with van der Waals surface area (Å²) in [5.74, 6) is 0.546. The first-order valence-electron chi connectivity index (χ1n) is 13.2. The summed E-state index contributed by atoms with van der Waals surface area (Å²) in [6.45, 7) is 7.81. The summed E-state index contributed by atoms with van der Waals surface area (Å²) in [6.07, 6.45) is -0.538. The second-order valence-corrected chi connectivity index (χ2v) is 12.2. The number of anilines is 1. The fourth-order valence-electron chi connectivity index (χ4n) is 4.39. The molecule has 1 heterocycles. The van der Waals surface area contributed by atoms with Gasteiger partial charge >= 0.3 is 6.03 Å². The first kappa shape index (κ1) is 31.0. The zero-order valence-corrected chi connectivity index (χ0v) is 24.7. The molecule has 3 rings (SSSR count). The molecular weight excluding hydrogens is 536 g/mol. The van der Waals surface area contributed by atoms with Crippen LogP contribution in [-0.2, 0) is 21.2 Å². The molecule has 40 heavy (non-hydrogen) atoms. The van der Waals surface area contributed by atoms with Crippen LogP contribution >= 0.6 is 0 Å². The number of aliphatic hydroxyl groups is 1. The maximum atomic E-state index is 13.4. The summed E-state index contributed by atoms with van der Waals surface area (Å²) in [5, 5.41) is 12.7. The Kier molecular flexibility index (Phi) is 10.3. The molecule has 2 aromatic carbocycles. The molecule has 1 aliphatic heterocycles. The minimum atomic E-state index is -3.91. The van der Waals surface area contributed by atoms with E-state index >= 15 is 0 Å². The molecule has 3 N–H and O–H groups in total. The fraction of sp³-hybridized carbons (Fsp3) is 0.500. The van der Waals surface area contributed by atoms with E-state index in [9.17, 15) is 23.1 Å². The normalized spacial score (nSPS) is 18.5. The van der Waals surface area contributed by atoms with Gasteiger partial charge in [-0.15, -0.1) is 0 Å². The molecule has 0 aromatic heterocycles. The van der Waals surface area contributed by atoms with Gasteiger partial charge < -0.3 is 29.7 Å². The average Bonchev–Trinajstić information content (AvgIpc) is 2.95. The Morgan fingerprint density at radius 2 is 1.88 bits per heavy atom. The van der Waals surface area contributed by atoms with Crippen LogP contribution in [0.5, 0.6) is 11.5 Å². The van der Waals surface area contributed by atoms with Gasteiger partial charge in [-0.3, -0.25) is 9.52 Å². The smallest absolute Gasteiger partial charge is 0.317 e. The van der Waals surface area contributed by atoms with Crippen molar-refractivity contribution in [2.45, 2.75) is 57.2 Å². The van der Waals surface area contributed by atoms with Crippen LogP contribution in [0.25, 0.3) is 0 Å². The van der Waals surface area contributed by atoms with Crippen LogP contribution in [0.2, 0.25) is 0 Å². The highest BCUT2D eigenvalue weighted by atomic mass is 32.2. The van der Waals surface area contributed by atoms with Gasteiger partial charge in [-0.25, -0.2) is 13.2 Å². The van der Waals surface area contributed by atoms with Crippen LogP contribution < -0.4 is 19.5 Å². The van der Waals surface area contributed by atoms with E-state index in [0.29, 0.717) is 23.6 Å². The zero-order valence-electron chi connectivity index (χ0n) is 23.9. The highest BCUT2D eigenvalue weighted by Crippen LogP contribution is 2.30. The SMILES string of the molecule is COc1ccc(S(=O)(=O)Nc2ccc3c(c2)CC(=O)N([C@H](C)CO)C[C@@H](C)[C@H](CN(C)C(=O)NC(C)C)O3)cc1. The largest absolute Gasteiger partial charge is 0.497 e. The van der Waals surface area contributed by atoms with E-state index in [1.807, 2.05) is 20.8 Å². The molecule has 0 spiro atoms. The second kappa shape index (κ2) is 13.2. The van der Waals surface area contributed by atoms with Crippen LogP contribution in [0.1, 0.15) is 33.3 Å². The van der Waals surface area contributed by atoms with E-state index in [1.165, 1.54) is 24.1 Å². The summed E-state index contributed by atoms with van der Waals surface area (Å²) in [5.41, 5.74) is 0.758. The van der Waals surface area contributed by atoms with Crippen molar-refractivity contribution in [2.24, 2.45) is 5.92 Å². The molecule has 3 atom stereocenters. The lowest BCUT2D eigenvalue weighted by molar-refractivity contribution is -0.134. The Morgan fingerprint density at radius 3 is 2.48 bits per heavy atom. The van der Waals surface area contributed by atoms with Gasteiger partial charge in [0.2, 0.25) is 5.91 Å². The molecule has 1 aliphatic rings. The second-order valence-electron chi connectivity index (χ2n) is 10.5. The maximum Gasteiger partial charge on any atom is 0.317 e. The summed E-state index contributed by atoms with van der Waals surface area (Å²) >= 11 is 0. The average molecular weight is 577 g/mol. The van der Waals surface area contributed by atoms with Crippen LogP contribution in [0.4, 0.5) is 10.5 Å². The van der Waals surface area contributed by atoms with Crippen LogP contribution in [0, 0.1) is 5.92 Å². The third-order valence-electron chi connectivity index (χ3n) is 6.75. The molecule has 0 unspecified atom stereocenters. The Hall–Kier alpha value is -3.51. The van der Waals surface area contributed by atoms with Gasteiger partial charge in [0.1, 0.15) is 17.6 Å². The van der Waals surface area contributed by atoms with Gasteiger partial charge in [-0.1, -0.05) is 6.92 Å². The molecule has 0 saturated heterocycles. The predicted octanol–water partition coefficient (Wildman–Crippen LogP) is 2.69. The number of nitrogens with zero attached hydrogens (tertiary/aromatic N) is 2. The molecule has 220 valence electrons. The third kappa shape index (κ3) is 7.79. The van der Waals surface area contributed by atoms with Crippen molar-refractivity contribution in [2.75, 3.05) is 38.6 Å². The number of methoxy groups -OCH3 is 1. The molecular formula is C28H40N4O7S. The van der Waals surface area contributed by atoms with E-state index in [0.717, 1.165) is 0 Å². The van der Waals surface area contributed by atoms with Crippen molar-refractivity contribution < 1.29 is 32.6 Å². The predicted molar refractivity (Wildman–Crippen MR) is 152 cm³/mol. The highest BCUT2D eigenvalue weighted by Gasteiger charge is 2.32. The molecule has 0 saturated carbocycles. The molecule has 11 nitrogen and oxygen atoms in total. The molecule has 3 amide bonds. The topological polar surface area (TPSA) is 138 Å². The number of urea groups is 1. The quantitative estimate of drug-likeness (QED) is 0.417. The zero-order chi connectivity index (χ0) is 29.6. The van der Waals surface area contributed by atoms with E-state index in [1.54, 1.807) is 49.2 Å². The van der Waals surface area contributed by atoms with Crippen molar-refractivity contribution >= 4 is 27.6 Å². The van der Waals surface area contributed by atoms with Gasteiger partial charge in [-0.05, 0) is 63.2 Å². The minimum Gasteiger partial charge on any atom is -0.497 e. The van der Waals surface area contributed by atoms with Crippen LogP contribution in [0.3, 0.4) is 0 Å². The number of aliphatic hydroxyl groups excluding tert-OH is 1. The number of amides is 3. The molecule has 0 fully saturated rings. The first-order chi connectivity index (χ1) is 18.8. The standard InChI is InChI=1S/C28H40N4O7S/c1-18(2)29-28(35)31(5)16-26-19(3)15-32(20(4)17-33)27(34)14-21-13-22(7-12-25(21)39-26)30-40(36,37)24-10-8-23(38-6)9-11-24/h7-13,18-20,26,30,33H,14-17H2,1-6H3,(H,29,35)/t19-,20-,26+/m1/s1. The van der Waals surface area contributed by atoms with Gasteiger partial charge in [0.15, 0.2) is 0 Å². The summed E-state index contributed by atoms with van der Waals surface area (Å²) in [4.78, 5) is 29.2. The van der Waals surface area contributed by atoms with Gasteiger partial charge in [0, 0.05) is 36.8 Å². The van der Waals surface area contributed by atoms with Gasteiger partial charge in [0.05, 0.1) is 37.6 Å². The summed E-state index contributed by atoms with van der Waals surface area (Å²) in [7, 11) is -0.735. The van der Waals surface area contributed by atoms with Crippen LogP contribution in [-0.4, -0.2) is 87.3 Å². The number of fused-ring (bicyclic) bond motifs is 1. The number of hydrogen-bond donors (Lipinski definition) is 3. The van der Waals surface area contributed by atoms with E-state index in [4.69, 9.17) is 9.47 Å². The minimum absolute atomic E-state index is 0.0341. The molecule has 2 aromatic rings. The first-order valence-corrected chi connectivity index (χ1v) is 14.7. The van der Waals surface area contributed by atoms with Gasteiger partial charge in [0.25, 0.3) is 10.0 Å². The third-order valence-corrected chi connectivity index (χ3v) is 8.15. The van der Waals surface area contributed by atoms with E-state index in [2.05, 4.69) is 10.0 Å².